The second-order valence-corrected chi connectivity index (χ2v) is 18.3. The zero-order valence-electron chi connectivity index (χ0n) is 21.8. The van der Waals surface area contributed by atoms with E-state index >= 15 is 8.78 Å². The van der Waals surface area contributed by atoms with Crippen molar-refractivity contribution >= 4 is 141 Å². The molecule has 0 radical (unpaired) electrons. The van der Waals surface area contributed by atoms with Gasteiger partial charge in [0.2, 0.25) is 0 Å². The maximum Gasteiger partial charge on any atom is 0.143 e. The van der Waals surface area contributed by atoms with Crippen LogP contribution in [0.4, 0.5) is 8.78 Å². The van der Waals surface area contributed by atoms with E-state index in [0.29, 0.717) is 9.75 Å². The van der Waals surface area contributed by atoms with Crippen molar-refractivity contribution in [1.82, 2.24) is 9.97 Å². The lowest BCUT2D eigenvalue weighted by Gasteiger charge is -1.99. The number of hydrogen-bond donors (Lipinski definition) is 0. The molecule has 0 saturated heterocycles. The predicted octanol–water partition coefficient (Wildman–Crippen LogP) is 13.7. The molecule has 44 heavy (non-hydrogen) atoms. The highest BCUT2D eigenvalue weighted by atomic mass is 32.1. The third kappa shape index (κ3) is 4.13. The lowest BCUT2D eigenvalue weighted by atomic mass is 10.1. The monoisotopic (exact) mass is 718 g/mol. The lowest BCUT2D eigenvalue weighted by Crippen LogP contribution is -1.72. The standard InChI is InChI=1S/C32H12F2N2S8/c33-17-7-23(41-29(17)25-9-27-31(43-25)35-11-37-27)21-5-15-1-13-3-20-16(2-14(13)4-19(15)39-21)6-22(40-20)24-8-18(34)30(42-24)26-10-28-32(44-26)36-12-38-28/h1-12H. The summed E-state index contributed by atoms with van der Waals surface area (Å²) in [5, 5.41) is 4.63. The minimum Gasteiger partial charge on any atom is -0.234 e. The summed E-state index contributed by atoms with van der Waals surface area (Å²) in [6.45, 7) is 0. The van der Waals surface area contributed by atoms with Crippen LogP contribution in [0.2, 0.25) is 0 Å². The Balaban J connectivity index is 1.01. The Morgan fingerprint density at radius 1 is 0.386 bits per heavy atom. The first-order valence-corrected chi connectivity index (χ1v) is 19.9. The Morgan fingerprint density at radius 3 is 1.30 bits per heavy atom. The first-order chi connectivity index (χ1) is 21.5. The van der Waals surface area contributed by atoms with Crippen LogP contribution in [-0.2, 0) is 0 Å². The summed E-state index contributed by atoms with van der Waals surface area (Å²) < 4.78 is 34.8. The molecule has 0 aliphatic heterocycles. The van der Waals surface area contributed by atoms with Gasteiger partial charge in [-0.2, -0.15) is 0 Å². The quantitative estimate of drug-likeness (QED) is 0.181. The van der Waals surface area contributed by atoms with Crippen LogP contribution in [0.5, 0.6) is 0 Å². The first-order valence-electron chi connectivity index (χ1n) is 13.2. The Kier molecular flexibility index (Phi) is 5.84. The Morgan fingerprint density at radius 2 is 0.841 bits per heavy atom. The van der Waals surface area contributed by atoms with Crippen LogP contribution >= 0.6 is 90.7 Å². The molecule has 0 bridgehead atoms. The van der Waals surface area contributed by atoms with E-state index in [2.05, 4.69) is 46.4 Å². The average Bonchev–Trinajstić information content (AvgIpc) is 3.82. The predicted molar refractivity (Wildman–Crippen MR) is 194 cm³/mol. The van der Waals surface area contributed by atoms with Gasteiger partial charge >= 0.3 is 0 Å². The van der Waals surface area contributed by atoms with E-state index in [1.165, 1.54) is 32.1 Å². The van der Waals surface area contributed by atoms with Crippen molar-refractivity contribution < 1.29 is 8.78 Å². The van der Waals surface area contributed by atoms with E-state index in [1.807, 2.05) is 23.2 Å². The van der Waals surface area contributed by atoms with Gasteiger partial charge in [0.05, 0.1) is 39.9 Å². The summed E-state index contributed by atoms with van der Waals surface area (Å²) in [6, 6.07) is 20.7. The van der Waals surface area contributed by atoms with E-state index in [0.717, 1.165) is 69.9 Å². The molecule has 0 N–H and O–H groups in total. The Hall–Kier alpha value is -2.94. The van der Waals surface area contributed by atoms with E-state index in [1.54, 1.807) is 80.2 Å². The molecule has 12 heteroatoms. The molecule has 0 aliphatic carbocycles. The summed E-state index contributed by atoms with van der Waals surface area (Å²) in [7, 11) is 0. The number of aromatic nitrogens is 2. The molecular formula is C32H12F2N2S8. The summed E-state index contributed by atoms with van der Waals surface area (Å²) >= 11 is 12.7. The van der Waals surface area contributed by atoms with Crippen LogP contribution in [0, 0.1) is 11.6 Å². The first kappa shape index (κ1) is 26.3. The molecule has 0 spiro atoms. The minimum atomic E-state index is -0.178. The number of rotatable bonds is 4. The maximum absolute atomic E-state index is 15.1. The number of benzene rings is 2. The molecule has 0 atom stereocenters. The fourth-order valence-corrected chi connectivity index (χ4v) is 13.9. The summed E-state index contributed by atoms with van der Waals surface area (Å²) in [6.07, 6.45) is 0. The van der Waals surface area contributed by atoms with Gasteiger partial charge in [-0.15, -0.1) is 90.7 Å². The molecule has 0 fully saturated rings. The van der Waals surface area contributed by atoms with Crippen LogP contribution in [-0.4, -0.2) is 9.97 Å². The van der Waals surface area contributed by atoms with Gasteiger partial charge in [0, 0.05) is 28.9 Å². The van der Waals surface area contributed by atoms with Crippen molar-refractivity contribution in [2.45, 2.75) is 0 Å². The molecule has 0 unspecified atom stereocenters. The minimum absolute atomic E-state index is 0.178. The molecule has 0 amide bonds. The van der Waals surface area contributed by atoms with E-state index in [-0.39, 0.29) is 11.6 Å². The fraction of sp³-hybridized carbons (Fsp3) is 0. The van der Waals surface area contributed by atoms with Gasteiger partial charge in [-0.05, 0) is 82.2 Å². The molecule has 8 aromatic heterocycles. The van der Waals surface area contributed by atoms with Crippen molar-refractivity contribution in [3.63, 3.8) is 0 Å². The summed E-state index contributed by atoms with van der Waals surface area (Å²) in [4.78, 5) is 17.9. The molecule has 0 aliphatic rings. The normalized spacial score (nSPS) is 12.3. The van der Waals surface area contributed by atoms with Gasteiger partial charge in [0.15, 0.2) is 0 Å². The highest BCUT2D eigenvalue weighted by Gasteiger charge is 2.19. The zero-order chi connectivity index (χ0) is 29.1. The summed E-state index contributed by atoms with van der Waals surface area (Å²) in [5.41, 5.74) is 3.66. The maximum atomic E-state index is 15.1. The van der Waals surface area contributed by atoms with Gasteiger partial charge in [-0.25, -0.2) is 18.7 Å². The SMILES string of the molecule is Fc1cc(-c2cc3cc4cc5sc(-c6cc(F)c(-c7cc8scnc8s7)s6)cc5cc4cc3s2)sc1-c1cc2scnc2s1. The third-order valence-corrected chi connectivity index (χ3v) is 16.5. The van der Waals surface area contributed by atoms with Crippen LogP contribution in [0.15, 0.2) is 71.7 Å². The number of hydrogen-bond acceptors (Lipinski definition) is 10. The molecule has 212 valence electrons. The lowest BCUT2D eigenvalue weighted by molar-refractivity contribution is 0.636. The van der Waals surface area contributed by atoms with Crippen molar-refractivity contribution in [2.75, 3.05) is 0 Å². The number of halogens is 2. The number of thiazole rings is 2. The van der Waals surface area contributed by atoms with Crippen LogP contribution < -0.4 is 0 Å². The topological polar surface area (TPSA) is 25.8 Å². The largest absolute Gasteiger partial charge is 0.234 e. The second-order valence-electron chi connectivity index (χ2n) is 10.2. The van der Waals surface area contributed by atoms with Gasteiger partial charge < -0.3 is 0 Å². The summed E-state index contributed by atoms with van der Waals surface area (Å²) in [5.74, 6) is -0.356. The van der Waals surface area contributed by atoms with Crippen LogP contribution in [0.1, 0.15) is 0 Å². The van der Waals surface area contributed by atoms with Crippen LogP contribution in [0.25, 0.3) is 89.0 Å². The van der Waals surface area contributed by atoms with Gasteiger partial charge in [0.25, 0.3) is 0 Å². The smallest absolute Gasteiger partial charge is 0.143 e. The van der Waals surface area contributed by atoms with E-state index < -0.39 is 0 Å². The number of nitrogens with zero attached hydrogens (tertiary/aromatic N) is 2. The Bertz CT molecular complexity index is 2410. The zero-order valence-corrected chi connectivity index (χ0v) is 28.4. The van der Waals surface area contributed by atoms with Gasteiger partial charge in [-0.3, -0.25) is 0 Å². The molecule has 10 aromatic rings. The van der Waals surface area contributed by atoms with E-state index in [4.69, 9.17) is 0 Å². The molecule has 10 rings (SSSR count). The molecule has 2 aromatic carbocycles. The van der Waals surface area contributed by atoms with Gasteiger partial charge in [0.1, 0.15) is 21.3 Å². The highest BCUT2D eigenvalue weighted by Crippen LogP contribution is 2.47. The van der Waals surface area contributed by atoms with Crippen LogP contribution in [0.3, 0.4) is 0 Å². The highest BCUT2D eigenvalue weighted by molar-refractivity contribution is 7.32. The molecule has 0 saturated carbocycles. The molecular weight excluding hydrogens is 707 g/mol. The van der Waals surface area contributed by atoms with Crippen molar-refractivity contribution in [1.29, 1.82) is 0 Å². The van der Waals surface area contributed by atoms with Crippen molar-refractivity contribution in [3.05, 3.63) is 83.3 Å². The second kappa shape index (κ2) is 9.78. The van der Waals surface area contributed by atoms with E-state index in [9.17, 15) is 0 Å². The molecule has 8 heterocycles. The number of fused-ring (bicyclic) bond motifs is 5. The van der Waals surface area contributed by atoms with Gasteiger partial charge in [-0.1, -0.05) is 0 Å². The van der Waals surface area contributed by atoms with Crippen molar-refractivity contribution in [2.24, 2.45) is 0 Å². The Labute approximate surface area is 279 Å². The van der Waals surface area contributed by atoms with Crippen molar-refractivity contribution in [3.8, 4) is 39.0 Å². The molecule has 2 nitrogen and oxygen atoms in total. The average molecular weight is 719 g/mol. The fourth-order valence-electron chi connectivity index (χ4n) is 5.45. The number of thiophene rings is 6. The third-order valence-electron chi connectivity index (χ3n) is 7.48.